The van der Waals surface area contributed by atoms with Crippen molar-refractivity contribution in [1.29, 1.82) is 0 Å². The molecule has 0 spiro atoms. The minimum absolute atomic E-state index is 0.912. The molecule has 3 heteroatoms. The highest BCUT2D eigenvalue weighted by atomic mass is 15.3. The third-order valence-corrected chi connectivity index (χ3v) is 2.31. The van der Waals surface area contributed by atoms with Crippen molar-refractivity contribution in [3.05, 3.63) is 18.0 Å². The lowest BCUT2D eigenvalue weighted by Crippen LogP contribution is -2.04. The molecule has 3 nitrogen and oxygen atoms in total. The van der Waals surface area contributed by atoms with Crippen molar-refractivity contribution in [1.82, 2.24) is 15.1 Å². The van der Waals surface area contributed by atoms with E-state index in [2.05, 4.69) is 23.5 Å². The molecule has 0 aliphatic rings. The zero-order valence-corrected chi connectivity index (χ0v) is 9.29. The Kier molecular flexibility index (Phi) is 5.30. The first-order valence-electron chi connectivity index (χ1n) is 5.52. The van der Waals surface area contributed by atoms with Crippen LogP contribution in [0.15, 0.2) is 12.4 Å². The lowest BCUT2D eigenvalue weighted by Gasteiger charge is -2.00. The third kappa shape index (κ3) is 3.92. The van der Waals surface area contributed by atoms with E-state index < -0.39 is 0 Å². The molecule has 80 valence electrons. The highest BCUT2D eigenvalue weighted by Gasteiger charge is 1.96. The van der Waals surface area contributed by atoms with Crippen LogP contribution in [0, 0.1) is 0 Å². The molecule has 0 radical (unpaired) electrons. The molecule has 0 aliphatic carbocycles. The average molecular weight is 195 g/mol. The van der Waals surface area contributed by atoms with Crippen LogP contribution in [-0.4, -0.2) is 16.8 Å². The fraction of sp³-hybridized carbons (Fsp3) is 0.727. The molecule has 0 atom stereocenters. The fourth-order valence-electron chi connectivity index (χ4n) is 1.52. The number of hydrogen-bond donors (Lipinski definition) is 1. The Labute approximate surface area is 86.5 Å². The topological polar surface area (TPSA) is 29.9 Å². The Balaban J connectivity index is 2.22. The SMILES string of the molecule is CCCCCCn1cc(CNC)cn1. The molecule has 0 saturated carbocycles. The van der Waals surface area contributed by atoms with E-state index in [9.17, 15) is 0 Å². The third-order valence-electron chi connectivity index (χ3n) is 2.31. The first-order chi connectivity index (χ1) is 6.86. The van der Waals surface area contributed by atoms with Gasteiger partial charge in [0.2, 0.25) is 0 Å². The van der Waals surface area contributed by atoms with E-state index in [0.717, 1.165) is 13.1 Å². The predicted molar refractivity (Wildman–Crippen MR) is 59.1 cm³/mol. The van der Waals surface area contributed by atoms with Gasteiger partial charge in [0.25, 0.3) is 0 Å². The number of nitrogens with zero attached hydrogens (tertiary/aromatic N) is 2. The second-order valence-corrected chi connectivity index (χ2v) is 3.70. The Hall–Kier alpha value is -0.830. The van der Waals surface area contributed by atoms with E-state index >= 15 is 0 Å². The number of nitrogens with one attached hydrogen (secondary N) is 1. The van der Waals surface area contributed by atoms with E-state index in [1.165, 1.54) is 31.2 Å². The zero-order valence-electron chi connectivity index (χ0n) is 9.29. The van der Waals surface area contributed by atoms with E-state index in [1.54, 1.807) is 0 Å². The molecule has 0 fully saturated rings. The molecular weight excluding hydrogens is 174 g/mol. The zero-order chi connectivity index (χ0) is 10.2. The van der Waals surface area contributed by atoms with Gasteiger partial charge in [0.05, 0.1) is 6.20 Å². The molecule has 1 aromatic rings. The number of aryl methyl sites for hydroxylation is 1. The van der Waals surface area contributed by atoms with Crippen LogP contribution in [0.25, 0.3) is 0 Å². The summed E-state index contributed by atoms with van der Waals surface area (Å²) in [6.07, 6.45) is 9.26. The highest BCUT2D eigenvalue weighted by molar-refractivity contribution is 5.02. The van der Waals surface area contributed by atoms with Crippen molar-refractivity contribution in [2.75, 3.05) is 7.05 Å². The molecule has 0 unspecified atom stereocenters. The van der Waals surface area contributed by atoms with E-state index in [0.29, 0.717) is 0 Å². The number of rotatable bonds is 7. The molecule has 0 aliphatic heterocycles. The second-order valence-electron chi connectivity index (χ2n) is 3.70. The van der Waals surface area contributed by atoms with Crippen LogP contribution >= 0.6 is 0 Å². The maximum absolute atomic E-state index is 4.31. The van der Waals surface area contributed by atoms with Crippen molar-refractivity contribution in [3.63, 3.8) is 0 Å². The average Bonchev–Trinajstić information content (AvgIpc) is 2.61. The van der Waals surface area contributed by atoms with Crippen LogP contribution in [0.3, 0.4) is 0 Å². The van der Waals surface area contributed by atoms with Crippen molar-refractivity contribution >= 4 is 0 Å². The Morgan fingerprint density at radius 2 is 2.21 bits per heavy atom. The van der Waals surface area contributed by atoms with Crippen molar-refractivity contribution in [3.8, 4) is 0 Å². The quantitative estimate of drug-likeness (QED) is 0.676. The van der Waals surface area contributed by atoms with Gasteiger partial charge in [0.15, 0.2) is 0 Å². The van der Waals surface area contributed by atoms with Gasteiger partial charge in [0, 0.05) is 24.8 Å². The predicted octanol–water partition coefficient (Wildman–Crippen LogP) is 2.18. The molecule has 1 rings (SSSR count). The number of hydrogen-bond acceptors (Lipinski definition) is 2. The van der Waals surface area contributed by atoms with Crippen LogP contribution in [0.2, 0.25) is 0 Å². The lowest BCUT2D eigenvalue weighted by molar-refractivity contribution is 0.541. The number of unbranched alkanes of at least 4 members (excludes halogenated alkanes) is 3. The summed E-state index contributed by atoms with van der Waals surface area (Å²) >= 11 is 0. The summed E-state index contributed by atoms with van der Waals surface area (Å²) < 4.78 is 2.04. The van der Waals surface area contributed by atoms with Crippen LogP contribution < -0.4 is 5.32 Å². The first kappa shape index (κ1) is 11.2. The Morgan fingerprint density at radius 1 is 1.36 bits per heavy atom. The summed E-state index contributed by atoms with van der Waals surface area (Å²) in [5.74, 6) is 0. The smallest absolute Gasteiger partial charge is 0.0534 e. The van der Waals surface area contributed by atoms with Gasteiger partial charge in [-0.1, -0.05) is 26.2 Å². The molecule has 1 N–H and O–H groups in total. The molecule has 0 amide bonds. The van der Waals surface area contributed by atoms with Crippen LogP contribution in [0.4, 0.5) is 0 Å². The fourth-order valence-corrected chi connectivity index (χ4v) is 1.52. The maximum Gasteiger partial charge on any atom is 0.0534 e. The summed E-state index contributed by atoms with van der Waals surface area (Å²) in [7, 11) is 1.96. The van der Waals surface area contributed by atoms with Crippen molar-refractivity contribution < 1.29 is 0 Å². The van der Waals surface area contributed by atoms with E-state index in [4.69, 9.17) is 0 Å². The minimum atomic E-state index is 0.912. The molecule has 1 heterocycles. The lowest BCUT2D eigenvalue weighted by atomic mass is 10.2. The summed E-state index contributed by atoms with van der Waals surface area (Å²) in [5, 5.41) is 7.43. The standard InChI is InChI=1S/C11H21N3/c1-3-4-5-6-7-14-10-11(8-12-2)9-13-14/h9-10,12H,3-8H2,1-2H3. The van der Waals surface area contributed by atoms with Gasteiger partial charge in [-0.25, -0.2) is 0 Å². The monoisotopic (exact) mass is 195 g/mol. The molecule has 0 saturated heterocycles. The molecule has 1 aromatic heterocycles. The largest absolute Gasteiger partial charge is 0.316 e. The maximum atomic E-state index is 4.31. The normalized spacial score (nSPS) is 10.7. The van der Waals surface area contributed by atoms with Gasteiger partial charge in [-0.3, -0.25) is 4.68 Å². The van der Waals surface area contributed by atoms with Gasteiger partial charge in [0.1, 0.15) is 0 Å². The van der Waals surface area contributed by atoms with Crippen LogP contribution in [-0.2, 0) is 13.1 Å². The van der Waals surface area contributed by atoms with Gasteiger partial charge >= 0.3 is 0 Å². The van der Waals surface area contributed by atoms with E-state index in [1.807, 2.05) is 17.9 Å². The van der Waals surface area contributed by atoms with Crippen LogP contribution in [0.5, 0.6) is 0 Å². The second kappa shape index (κ2) is 6.60. The Morgan fingerprint density at radius 3 is 2.93 bits per heavy atom. The summed E-state index contributed by atoms with van der Waals surface area (Å²) in [6, 6.07) is 0. The first-order valence-corrected chi connectivity index (χ1v) is 5.52. The van der Waals surface area contributed by atoms with E-state index in [-0.39, 0.29) is 0 Å². The van der Waals surface area contributed by atoms with Gasteiger partial charge < -0.3 is 5.32 Å². The van der Waals surface area contributed by atoms with Gasteiger partial charge in [-0.05, 0) is 13.5 Å². The van der Waals surface area contributed by atoms with Gasteiger partial charge in [-0.2, -0.15) is 5.10 Å². The van der Waals surface area contributed by atoms with Crippen LogP contribution in [0.1, 0.15) is 38.2 Å². The summed E-state index contributed by atoms with van der Waals surface area (Å²) in [4.78, 5) is 0. The molecule has 0 bridgehead atoms. The summed E-state index contributed by atoms with van der Waals surface area (Å²) in [5.41, 5.74) is 1.27. The van der Waals surface area contributed by atoms with Crippen molar-refractivity contribution in [2.45, 2.75) is 45.7 Å². The highest BCUT2D eigenvalue weighted by Crippen LogP contribution is 2.02. The molecule has 14 heavy (non-hydrogen) atoms. The molecule has 0 aromatic carbocycles. The molecular formula is C11H21N3. The van der Waals surface area contributed by atoms with Gasteiger partial charge in [-0.15, -0.1) is 0 Å². The Bertz CT molecular complexity index is 242. The number of aromatic nitrogens is 2. The minimum Gasteiger partial charge on any atom is -0.316 e. The summed E-state index contributed by atoms with van der Waals surface area (Å²) in [6.45, 7) is 4.21. The van der Waals surface area contributed by atoms with Crippen molar-refractivity contribution in [2.24, 2.45) is 0 Å².